The number of likely N-dealkylation sites (tertiary alicyclic amines) is 1. The highest BCUT2D eigenvalue weighted by atomic mass is 16.5. The van der Waals surface area contributed by atoms with Crippen LogP contribution in [0.5, 0.6) is 0 Å². The van der Waals surface area contributed by atoms with Crippen LogP contribution < -0.4 is 0 Å². The van der Waals surface area contributed by atoms with Crippen LogP contribution in [0.2, 0.25) is 0 Å². The molecule has 5 nitrogen and oxygen atoms in total. The third kappa shape index (κ3) is 3.51. The molecule has 2 heterocycles. The molecule has 1 aliphatic rings. The van der Waals surface area contributed by atoms with Crippen molar-refractivity contribution in [2.24, 2.45) is 0 Å². The number of carbonyl (C=O) groups excluding carboxylic acids is 1. The minimum absolute atomic E-state index is 0.102. The number of hydrogen-bond acceptors (Lipinski definition) is 3. The van der Waals surface area contributed by atoms with Crippen molar-refractivity contribution in [2.45, 2.75) is 39.3 Å². The van der Waals surface area contributed by atoms with E-state index >= 15 is 0 Å². The van der Waals surface area contributed by atoms with Crippen molar-refractivity contribution in [3.63, 3.8) is 0 Å². The van der Waals surface area contributed by atoms with Gasteiger partial charge in [0.15, 0.2) is 0 Å². The second kappa shape index (κ2) is 7.18. The Labute approximate surface area is 143 Å². The van der Waals surface area contributed by atoms with Crippen molar-refractivity contribution >= 4 is 5.91 Å². The second-order valence-electron chi connectivity index (χ2n) is 6.55. The van der Waals surface area contributed by atoms with E-state index in [1.54, 1.807) is 7.11 Å². The Morgan fingerprint density at radius 2 is 2.04 bits per heavy atom. The molecule has 1 unspecified atom stereocenters. The molecule has 1 aliphatic heterocycles. The molecule has 0 radical (unpaired) electrons. The molecular formula is C19H25N3O2. The van der Waals surface area contributed by atoms with Gasteiger partial charge in [-0.05, 0) is 50.5 Å². The van der Waals surface area contributed by atoms with E-state index in [0.717, 1.165) is 48.4 Å². The first kappa shape index (κ1) is 16.7. The fraction of sp³-hybridized carbons (Fsp3) is 0.474. The number of benzene rings is 1. The zero-order valence-electron chi connectivity index (χ0n) is 14.7. The van der Waals surface area contributed by atoms with Crippen LogP contribution in [0.15, 0.2) is 30.3 Å². The van der Waals surface area contributed by atoms with E-state index < -0.39 is 0 Å². The molecule has 1 fully saturated rings. The van der Waals surface area contributed by atoms with Gasteiger partial charge < -0.3 is 9.64 Å². The minimum atomic E-state index is 0.102. The van der Waals surface area contributed by atoms with Gasteiger partial charge in [0, 0.05) is 31.5 Å². The number of hydrogen-bond donors (Lipinski definition) is 0. The van der Waals surface area contributed by atoms with Crippen LogP contribution in [0.25, 0.3) is 0 Å². The molecule has 0 spiro atoms. The maximum absolute atomic E-state index is 12.8. The molecule has 128 valence electrons. The van der Waals surface area contributed by atoms with Crippen molar-refractivity contribution in [2.75, 3.05) is 20.2 Å². The van der Waals surface area contributed by atoms with E-state index in [0.29, 0.717) is 6.61 Å². The molecule has 24 heavy (non-hydrogen) atoms. The van der Waals surface area contributed by atoms with Gasteiger partial charge in [-0.25, -0.2) is 0 Å². The molecular weight excluding hydrogens is 302 g/mol. The van der Waals surface area contributed by atoms with Gasteiger partial charge in [0.25, 0.3) is 5.91 Å². The van der Waals surface area contributed by atoms with Crippen molar-refractivity contribution in [1.29, 1.82) is 0 Å². The first-order valence-corrected chi connectivity index (χ1v) is 8.48. The van der Waals surface area contributed by atoms with E-state index in [4.69, 9.17) is 4.74 Å². The van der Waals surface area contributed by atoms with Crippen LogP contribution in [0, 0.1) is 13.8 Å². The summed E-state index contributed by atoms with van der Waals surface area (Å²) in [5.41, 5.74) is 4.01. The lowest BCUT2D eigenvalue weighted by molar-refractivity contribution is 0.0671. The van der Waals surface area contributed by atoms with Crippen molar-refractivity contribution in [3.8, 4) is 0 Å². The predicted molar refractivity (Wildman–Crippen MR) is 93.0 cm³/mol. The van der Waals surface area contributed by atoms with Gasteiger partial charge >= 0.3 is 0 Å². The number of methoxy groups -OCH3 is 1. The molecule has 5 heteroatoms. The van der Waals surface area contributed by atoms with Crippen molar-refractivity contribution < 1.29 is 9.53 Å². The Hall–Kier alpha value is -2.14. The summed E-state index contributed by atoms with van der Waals surface area (Å²) in [5.74, 6) is 0.102. The van der Waals surface area contributed by atoms with Crippen LogP contribution in [-0.2, 0) is 11.3 Å². The lowest BCUT2D eigenvalue weighted by Crippen LogP contribution is -2.41. The number of aryl methyl sites for hydroxylation is 2. The zero-order chi connectivity index (χ0) is 17.1. The summed E-state index contributed by atoms with van der Waals surface area (Å²) in [4.78, 5) is 14.8. The Morgan fingerprint density at radius 3 is 2.67 bits per heavy atom. The monoisotopic (exact) mass is 327 g/mol. The van der Waals surface area contributed by atoms with Gasteiger partial charge in [0.1, 0.15) is 0 Å². The Kier molecular flexibility index (Phi) is 5.00. The number of ether oxygens (including phenoxy) is 1. The van der Waals surface area contributed by atoms with Crippen molar-refractivity contribution in [3.05, 3.63) is 52.8 Å². The first-order valence-electron chi connectivity index (χ1n) is 8.48. The maximum atomic E-state index is 12.8. The summed E-state index contributed by atoms with van der Waals surface area (Å²) < 4.78 is 7.20. The molecule has 3 rings (SSSR count). The van der Waals surface area contributed by atoms with Gasteiger partial charge in [0.2, 0.25) is 0 Å². The largest absolute Gasteiger partial charge is 0.380 e. The smallest absolute Gasteiger partial charge is 0.253 e. The quantitative estimate of drug-likeness (QED) is 0.867. The summed E-state index contributed by atoms with van der Waals surface area (Å²) in [6.45, 7) is 6.19. The summed E-state index contributed by atoms with van der Waals surface area (Å²) in [7, 11) is 1.67. The molecule has 2 aromatic rings. The fourth-order valence-corrected chi connectivity index (χ4v) is 3.45. The average molecular weight is 327 g/mol. The van der Waals surface area contributed by atoms with Gasteiger partial charge in [0.05, 0.1) is 18.3 Å². The standard InChI is InChI=1S/C19H25N3O2/c1-14-11-15(2)22(20-14)18-5-4-10-21(12-18)19(23)17-8-6-16(7-9-17)13-24-3/h6-9,11,18H,4-5,10,12-13H2,1-3H3. The summed E-state index contributed by atoms with van der Waals surface area (Å²) in [6.07, 6.45) is 2.08. The van der Waals surface area contributed by atoms with Crippen LogP contribution in [0.4, 0.5) is 0 Å². The van der Waals surface area contributed by atoms with Gasteiger partial charge in [-0.1, -0.05) is 12.1 Å². The molecule has 1 atom stereocenters. The summed E-state index contributed by atoms with van der Waals surface area (Å²) in [6, 6.07) is 10.1. The number of aromatic nitrogens is 2. The SMILES string of the molecule is COCc1ccc(C(=O)N2CCCC(n3nc(C)cc3C)C2)cc1. The maximum Gasteiger partial charge on any atom is 0.253 e. The third-order valence-corrected chi connectivity index (χ3v) is 4.59. The Morgan fingerprint density at radius 1 is 1.29 bits per heavy atom. The van der Waals surface area contributed by atoms with Crippen molar-refractivity contribution in [1.82, 2.24) is 14.7 Å². The minimum Gasteiger partial charge on any atom is -0.380 e. The van der Waals surface area contributed by atoms with E-state index in [9.17, 15) is 4.79 Å². The lowest BCUT2D eigenvalue weighted by atomic mass is 10.0. The lowest BCUT2D eigenvalue weighted by Gasteiger charge is -2.33. The molecule has 1 aromatic carbocycles. The first-order chi connectivity index (χ1) is 11.6. The number of nitrogens with zero attached hydrogens (tertiary/aromatic N) is 3. The Bertz CT molecular complexity index is 706. The molecule has 1 amide bonds. The number of amides is 1. The highest BCUT2D eigenvalue weighted by Gasteiger charge is 2.26. The molecule has 0 bridgehead atoms. The third-order valence-electron chi connectivity index (χ3n) is 4.59. The molecule has 1 aromatic heterocycles. The molecule has 0 saturated carbocycles. The van der Waals surface area contributed by atoms with E-state index in [-0.39, 0.29) is 11.9 Å². The van der Waals surface area contributed by atoms with Crippen LogP contribution in [-0.4, -0.2) is 40.8 Å². The highest BCUT2D eigenvalue weighted by Crippen LogP contribution is 2.24. The summed E-state index contributed by atoms with van der Waals surface area (Å²) >= 11 is 0. The van der Waals surface area contributed by atoms with Crippen LogP contribution in [0.3, 0.4) is 0 Å². The van der Waals surface area contributed by atoms with E-state index in [2.05, 4.69) is 22.8 Å². The molecule has 1 saturated heterocycles. The van der Waals surface area contributed by atoms with Gasteiger partial charge in [-0.15, -0.1) is 0 Å². The van der Waals surface area contributed by atoms with E-state index in [1.807, 2.05) is 36.1 Å². The molecule has 0 N–H and O–H groups in total. The van der Waals surface area contributed by atoms with Crippen LogP contribution >= 0.6 is 0 Å². The number of rotatable bonds is 4. The normalized spacial score (nSPS) is 18.0. The van der Waals surface area contributed by atoms with Gasteiger partial charge in [-0.3, -0.25) is 9.48 Å². The summed E-state index contributed by atoms with van der Waals surface area (Å²) in [5, 5.41) is 4.60. The predicted octanol–water partition coefficient (Wildman–Crippen LogP) is 3.12. The van der Waals surface area contributed by atoms with Gasteiger partial charge in [-0.2, -0.15) is 5.10 Å². The highest BCUT2D eigenvalue weighted by molar-refractivity contribution is 5.94. The fourth-order valence-electron chi connectivity index (χ4n) is 3.45. The topological polar surface area (TPSA) is 47.4 Å². The Balaban J connectivity index is 1.72. The second-order valence-corrected chi connectivity index (χ2v) is 6.55. The van der Waals surface area contributed by atoms with E-state index in [1.165, 1.54) is 0 Å². The number of carbonyl (C=O) groups is 1. The zero-order valence-corrected chi connectivity index (χ0v) is 14.7. The van der Waals surface area contributed by atoms with Crippen LogP contribution in [0.1, 0.15) is 46.2 Å². The molecule has 0 aliphatic carbocycles. The average Bonchev–Trinajstić information content (AvgIpc) is 2.94. The number of piperidine rings is 1.